The Balaban J connectivity index is 2.72. The Bertz CT molecular complexity index is 231. The highest BCUT2D eigenvalue weighted by Gasteiger charge is 2.45. The molecule has 108 valence electrons. The topological polar surface area (TPSA) is 12.5 Å². The van der Waals surface area contributed by atoms with Gasteiger partial charge in [0.1, 0.15) is 0 Å². The number of likely N-dealkylation sites (N-methyl/N-ethyl adjacent to an activating group) is 1. The summed E-state index contributed by atoms with van der Waals surface area (Å²) in [6.45, 7) is 16.4. The first-order chi connectivity index (χ1) is 8.32. The van der Waals surface area contributed by atoms with Crippen LogP contribution in [0, 0.1) is 0 Å². The third-order valence-corrected chi connectivity index (χ3v) is 11.0. The molecule has 0 bridgehead atoms. The SMILES string of the molecule is CC(C)[Si](OC[C@@H]1CCCN1C)(C(C)C)C(C)C. The van der Waals surface area contributed by atoms with Gasteiger partial charge in [0, 0.05) is 12.6 Å². The van der Waals surface area contributed by atoms with E-state index in [0.29, 0.717) is 22.7 Å². The molecule has 1 fully saturated rings. The highest BCUT2D eigenvalue weighted by atomic mass is 28.4. The van der Waals surface area contributed by atoms with Gasteiger partial charge in [-0.2, -0.15) is 0 Å². The summed E-state index contributed by atoms with van der Waals surface area (Å²) in [7, 11) is 0.589. The van der Waals surface area contributed by atoms with E-state index in [1.165, 1.54) is 19.4 Å². The van der Waals surface area contributed by atoms with Crippen LogP contribution in [-0.4, -0.2) is 39.5 Å². The Hall–Kier alpha value is 0.137. The van der Waals surface area contributed by atoms with Gasteiger partial charge in [0.15, 0.2) is 8.32 Å². The van der Waals surface area contributed by atoms with Crippen molar-refractivity contribution in [3.05, 3.63) is 0 Å². The molecule has 0 saturated carbocycles. The van der Waals surface area contributed by atoms with Gasteiger partial charge in [0.05, 0.1) is 0 Å². The number of likely N-dealkylation sites (tertiary alicyclic amines) is 1. The second-order valence-electron chi connectivity index (χ2n) is 6.91. The van der Waals surface area contributed by atoms with Crippen LogP contribution in [-0.2, 0) is 4.43 Å². The molecular formula is C15H33NOSi. The Morgan fingerprint density at radius 2 is 1.56 bits per heavy atom. The van der Waals surface area contributed by atoms with Gasteiger partial charge in [-0.3, -0.25) is 0 Å². The summed E-state index contributed by atoms with van der Waals surface area (Å²) in [6, 6.07) is 0.660. The zero-order chi connectivity index (χ0) is 13.9. The predicted molar refractivity (Wildman–Crippen MR) is 82.7 cm³/mol. The summed E-state index contributed by atoms with van der Waals surface area (Å²) in [4.78, 5) is 2.47. The minimum atomic E-state index is -1.65. The minimum absolute atomic E-state index is 0.660. The maximum atomic E-state index is 6.67. The Morgan fingerprint density at radius 1 is 1.06 bits per heavy atom. The van der Waals surface area contributed by atoms with Crippen molar-refractivity contribution in [2.24, 2.45) is 0 Å². The summed E-state index contributed by atoms with van der Waals surface area (Å²) >= 11 is 0. The molecule has 0 aromatic rings. The lowest BCUT2D eigenvalue weighted by Gasteiger charge is -2.43. The molecule has 1 aliphatic heterocycles. The summed E-state index contributed by atoms with van der Waals surface area (Å²) in [5.41, 5.74) is 2.10. The van der Waals surface area contributed by atoms with Crippen molar-refractivity contribution in [2.45, 2.75) is 77.0 Å². The van der Waals surface area contributed by atoms with Crippen molar-refractivity contribution in [1.29, 1.82) is 0 Å². The van der Waals surface area contributed by atoms with Crippen LogP contribution in [0.4, 0.5) is 0 Å². The molecule has 0 spiro atoms. The van der Waals surface area contributed by atoms with Gasteiger partial charge in [-0.25, -0.2) is 0 Å². The number of rotatable bonds is 6. The van der Waals surface area contributed by atoms with Crippen LogP contribution in [0.5, 0.6) is 0 Å². The average Bonchev–Trinajstić information content (AvgIpc) is 2.63. The molecule has 1 aliphatic rings. The summed E-state index contributed by atoms with van der Waals surface area (Å²) in [5.74, 6) is 0. The van der Waals surface area contributed by atoms with Gasteiger partial charge in [-0.15, -0.1) is 0 Å². The van der Waals surface area contributed by atoms with Crippen molar-refractivity contribution in [1.82, 2.24) is 4.90 Å². The molecule has 0 aliphatic carbocycles. The second kappa shape index (κ2) is 6.53. The van der Waals surface area contributed by atoms with E-state index in [1.54, 1.807) is 0 Å². The minimum Gasteiger partial charge on any atom is -0.414 e. The second-order valence-corrected chi connectivity index (χ2v) is 12.4. The first-order valence-corrected chi connectivity index (χ1v) is 9.80. The van der Waals surface area contributed by atoms with Crippen LogP contribution >= 0.6 is 0 Å². The average molecular weight is 272 g/mol. The summed E-state index contributed by atoms with van der Waals surface area (Å²) < 4.78 is 6.67. The first kappa shape index (κ1) is 16.2. The van der Waals surface area contributed by atoms with Gasteiger partial charge in [0.25, 0.3) is 0 Å². The zero-order valence-electron chi connectivity index (χ0n) is 13.5. The molecule has 1 saturated heterocycles. The van der Waals surface area contributed by atoms with E-state index < -0.39 is 8.32 Å². The number of hydrogen-bond acceptors (Lipinski definition) is 2. The van der Waals surface area contributed by atoms with E-state index in [4.69, 9.17) is 4.43 Å². The Kier molecular flexibility index (Phi) is 5.88. The van der Waals surface area contributed by atoms with Gasteiger partial charge in [-0.1, -0.05) is 41.5 Å². The largest absolute Gasteiger partial charge is 0.414 e. The lowest BCUT2D eigenvalue weighted by molar-refractivity contribution is 0.180. The molecule has 0 unspecified atom stereocenters. The van der Waals surface area contributed by atoms with E-state index in [-0.39, 0.29) is 0 Å². The fraction of sp³-hybridized carbons (Fsp3) is 1.00. The van der Waals surface area contributed by atoms with Gasteiger partial charge < -0.3 is 9.33 Å². The molecule has 1 rings (SSSR count). The first-order valence-electron chi connectivity index (χ1n) is 7.66. The predicted octanol–water partition coefficient (Wildman–Crippen LogP) is 4.27. The molecule has 0 N–H and O–H groups in total. The van der Waals surface area contributed by atoms with Crippen molar-refractivity contribution >= 4 is 8.32 Å². The van der Waals surface area contributed by atoms with Crippen LogP contribution in [0.1, 0.15) is 54.4 Å². The van der Waals surface area contributed by atoms with E-state index in [1.807, 2.05) is 0 Å². The summed E-state index contributed by atoms with van der Waals surface area (Å²) in [6.07, 6.45) is 2.65. The lowest BCUT2D eigenvalue weighted by atomic mass is 10.2. The Morgan fingerprint density at radius 3 is 1.89 bits per heavy atom. The van der Waals surface area contributed by atoms with Gasteiger partial charge in [-0.05, 0) is 43.1 Å². The van der Waals surface area contributed by atoms with E-state index in [0.717, 1.165) is 6.61 Å². The fourth-order valence-corrected chi connectivity index (χ4v) is 9.41. The smallest absolute Gasteiger partial charge is 0.200 e. The highest BCUT2D eigenvalue weighted by molar-refractivity contribution is 6.77. The fourth-order valence-electron chi connectivity index (χ4n) is 3.93. The third-order valence-electron chi connectivity index (χ3n) is 4.90. The van der Waals surface area contributed by atoms with Crippen molar-refractivity contribution in [3.63, 3.8) is 0 Å². The molecule has 3 heteroatoms. The van der Waals surface area contributed by atoms with E-state index in [2.05, 4.69) is 53.5 Å². The lowest BCUT2D eigenvalue weighted by Crippen LogP contribution is -2.49. The van der Waals surface area contributed by atoms with Crippen molar-refractivity contribution in [3.8, 4) is 0 Å². The zero-order valence-corrected chi connectivity index (χ0v) is 14.5. The molecular weight excluding hydrogens is 238 g/mol. The van der Waals surface area contributed by atoms with Crippen LogP contribution in [0.15, 0.2) is 0 Å². The van der Waals surface area contributed by atoms with Crippen LogP contribution in [0.3, 0.4) is 0 Å². The van der Waals surface area contributed by atoms with E-state index >= 15 is 0 Å². The maximum Gasteiger partial charge on any atom is 0.200 e. The number of hydrogen-bond donors (Lipinski definition) is 0. The molecule has 18 heavy (non-hydrogen) atoms. The van der Waals surface area contributed by atoms with Crippen LogP contribution in [0.2, 0.25) is 16.6 Å². The standard InChI is InChI=1S/C15H33NOSi/c1-12(2)18(13(3)4,14(5)6)17-11-15-9-8-10-16(15)7/h12-15H,8-11H2,1-7H3/t15-/m0/s1. The molecule has 0 aromatic carbocycles. The highest BCUT2D eigenvalue weighted by Crippen LogP contribution is 2.42. The molecule has 1 atom stereocenters. The normalized spacial score (nSPS) is 22.7. The molecule has 0 aromatic heterocycles. The Labute approximate surface area is 115 Å². The molecule has 1 heterocycles. The van der Waals surface area contributed by atoms with Gasteiger partial charge in [0.2, 0.25) is 0 Å². The molecule has 0 amide bonds. The third kappa shape index (κ3) is 3.17. The summed E-state index contributed by atoms with van der Waals surface area (Å²) in [5, 5.41) is 0. The van der Waals surface area contributed by atoms with Crippen molar-refractivity contribution < 1.29 is 4.43 Å². The quantitative estimate of drug-likeness (QED) is 0.669. The maximum absolute atomic E-state index is 6.67. The van der Waals surface area contributed by atoms with Crippen LogP contribution in [0.25, 0.3) is 0 Å². The van der Waals surface area contributed by atoms with Crippen molar-refractivity contribution in [2.75, 3.05) is 20.2 Å². The monoisotopic (exact) mass is 271 g/mol. The van der Waals surface area contributed by atoms with Gasteiger partial charge >= 0.3 is 0 Å². The van der Waals surface area contributed by atoms with E-state index in [9.17, 15) is 0 Å². The molecule has 0 radical (unpaired) electrons. The molecule has 2 nitrogen and oxygen atoms in total. The van der Waals surface area contributed by atoms with Crippen LogP contribution < -0.4 is 0 Å². The number of nitrogens with zero attached hydrogens (tertiary/aromatic N) is 1.